The first-order valence-electron chi connectivity index (χ1n) is 9.50. The maximum atomic E-state index is 12.6. The molecule has 1 N–H and O–H groups in total. The number of rotatable bonds is 6. The molecule has 1 aliphatic rings. The normalized spacial score (nSPS) is 13.1. The van der Waals surface area contributed by atoms with Gasteiger partial charge in [-0.25, -0.2) is 13.4 Å². The zero-order chi connectivity index (χ0) is 22.2. The van der Waals surface area contributed by atoms with Crippen LogP contribution in [0.2, 0.25) is 0 Å². The number of aromatic nitrogens is 1. The molecule has 0 unspecified atom stereocenters. The first-order valence-corrected chi connectivity index (χ1v) is 11.8. The van der Waals surface area contributed by atoms with Crippen LogP contribution >= 0.6 is 11.3 Å². The number of hydrogen-bond donors (Lipinski definition) is 1. The Morgan fingerprint density at radius 3 is 2.55 bits per heavy atom. The smallest absolute Gasteiger partial charge is 0.257 e. The summed E-state index contributed by atoms with van der Waals surface area (Å²) in [6.07, 6.45) is 0. The minimum Gasteiger partial charge on any atom is -0.454 e. The number of anilines is 1. The van der Waals surface area contributed by atoms with Crippen molar-refractivity contribution in [3.63, 3.8) is 0 Å². The molecule has 4 rings (SSSR count). The molecule has 0 saturated heterocycles. The van der Waals surface area contributed by atoms with Gasteiger partial charge in [0.2, 0.25) is 16.8 Å². The number of thiazole rings is 1. The molecule has 2 heterocycles. The van der Waals surface area contributed by atoms with Crippen molar-refractivity contribution >= 4 is 32.4 Å². The number of amides is 1. The van der Waals surface area contributed by atoms with Crippen LogP contribution in [0.4, 0.5) is 5.13 Å². The van der Waals surface area contributed by atoms with E-state index < -0.39 is 10.0 Å². The Morgan fingerprint density at radius 1 is 1.13 bits per heavy atom. The minimum atomic E-state index is -3.60. The maximum absolute atomic E-state index is 12.6. The zero-order valence-electron chi connectivity index (χ0n) is 17.2. The third kappa shape index (κ3) is 4.27. The number of sulfonamides is 1. The van der Waals surface area contributed by atoms with Gasteiger partial charge in [0, 0.05) is 29.6 Å². The van der Waals surface area contributed by atoms with E-state index in [0.29, 0.717) is 27.9 Å². The van der Waals surface area contributed by atoms with E-state index in [9.17, 15) is 13.2 Å². The summed E-state index contributed by atoms with van der Waals surface area (Å²) in [5, 5.41) is 5.03. The van der Waals surface area contributed by atoms with Crippen molar-refractivity contribution < 1.29 is 22.7 Å². The number of nitrogens with one attached hydrogen (secondary N) is 1. The third-order valence-electron chi connectivity index (χ3n) is 4.91. The Morgan fingerprint density at radius 2 is 1.84 bits per heavy atom. The quantitative estimate of drug-likeness (QED) is 0.602. The fourth-order valence-corrected chi connectivity index (χ4v) is 4.99. The monoisotopic (exact) mass is 459 g/mol. The molecule has 0 spiro atoms. The second-order valence-electron chi connectivity index (χ2n) is 7.20. The Hall–Kier alpha value is -2.95. The van der Waals surface area contributed by atoms with E-state index in [2.05, 4.69) is 10.3 Å². The summed E-state index contributed by atoms with van der Waals surface area (Å²) in [6, 6.07) is 11.2. The summed E-state index contributed by atoms with van der Waals surface area (Å²) in [4.78, 5) is 17.2. The van der Waals surface area contributed by atoms with Gasteiger partial charge in [-0.05, 0) is 56.3 Å². The van der Waals surface area contributed by atoms with Crippen molar-refractivity contribution in [3.8, 4) is 22.8 Å². The van der Waals surface area contributed by atoms with Crippen LogP contribution in [0.15, 0.2) is 52.7 Å². The lowest BCUT2D eigenvalue weighted by atomic mass is 10.1. The van der Waals surface area contributed by atoms with Crippen molar-refractivity contribution in [3.05, 3.63) is 53.4 Å². The van der Waals surface area contributed by atoms with Gasteiger partial charge in [-0.2, -0.15) is 4.31 Å². The average Bonchev–Trinajstić information content (AvgIpc) is 3.41. The molecule has 1 aliphatic heterocycles. The topological polar surface area (TPSA) is 97.8 Å². The molecule has 10 heteroatoms. The molecule has 162 valence electrons. The van der Waals surface area contributed by atoms with Crippen LogP contribution in [-0.4, -0.2) is 43.5 Å². The highest BCUT2D eigenvalue weighted by Gasteiger charge is 2.23. The average molecular weight is 460 g/mol. The first kappa shape index (κ1) is 21.3. The third-order valence-corrected chi connectivity index (χ3v) is 7.72. The molecule has 0 atom stereocenters. The molecular formula is C21H21N3O5S2. The highest BCUT2D eigenvalue weighted by molar-refractivity contribution is 7.89. The van der Waals surface area contributed by atoms with Gasteiger partial charge in [0.15, 0.2) is 16.6 Å². The van der Waals surface area contributed by atoms with Gasteiger partial charge < -0.3 is 9.47 Å². The van der Waals surface area contributed by atoms with Gasteiger partial charge in [-0.3, -0.25) is 10.1 Å². The van der Waals surface area contributed by atoms with Crippen LogP contribution in [0.25, 0.3) is 11.3 Å². The Kier molecular flexibility index (Phi) is 5.69. The number of carbonyl (C=O) groups is 1. The molecule has 1 amide bonds. The minimum absolute atomic E-state index is 0.139. The molecule has 0 fully saturated rings. The molecule has 2 aromatic carbocycles. The second kappa shape index (κ2) is 8.29. The van der Waals surface area contributed by atoms with E-state index in [0.717, 1.165) is 5.56 Å². The number of ether oxygens (including phenoxy) is 2. The molecule has 0 saturated carbocycles. The number of nitrogens with zero attached hydrogens (tertiary/aromatic N) is 2. The Labute approximate surface area is 184 Å². The molecule has 3 aromatic rings. The molecule has 1 aromatic heterocycles. The summed E-state index contributed by atoms with van der Waals surface area (Å²) >= 11 is 1.30. The van der Waals surface area contributed by atoms with Crippen LogP contribution in [-0.2, 0) is 10.0 Å². The van der Waals surface area contributed by atoms with Crippen molar-refractivity contribution in [1.82, 2.24) is 9.29 Å². The van der Waals surface area contributed by atoms with Crippen molar-refractivity contribution in [2.24, 2.45) is 0 Å². The zero-order valence-corrected chi connectivity index (χ0v) is 18.8. The van der Waals surface area contributed by atoms with Crippen molar-refractivity contribution in [2.75, 3.05) is 19.2 Å². The van der Waals surface area contributed by atoms with Crippen molar-refractivity contribution in [2.45, 2.75) is 24.8 Å². The van der Waals surface area contributed by atoms with Crippen LogP contribution < -0.4 is 14.8 Å². The predicted molar refractivity (Wildman–Crippen MR) is 118 cm³/mol. The standard InChI is InChI=1S/C21H21N3O5S2/c1-13(2)24(3)31(26,27)16-7-4-14(5-8-16)20(25)23-21-22-17(11-30-21)15-6-9-18-19(10-15)29-12-28-18/h4-11,13H,12H2,1-3H3,(H,22,23,25). The van der Waals surface area contributed by atoms with E-state index in [1.165, 1.54) is 47.0 Å². The molecule has 0 bridgehead atoms. The summed E-state index contributed by atoms with van der Waals surface area (Å²) in [6.45, 7) is 3.79. The SMILES string of the molecule is CC(C)N(C)S(=O)(=O)c1ccc(C(=O)Nc2nc(-c3ccc4c(c3)OCO4)cs2)cc1. The summed E-state index contributed by atoms with van der Waals surface area (Å²) < 4.78 is 37.1. The molecular weight excluding hydrogens is 438 g/mol. The Balaban J connectivity index is 1.47. The highest BCUT2D eigenvalue weighted by atomic mass is 32.2. The molecule has 0 aliphatic carbocycles. The predicted octanol–water partition coefficient (Wildman–Crippen LogP) is 3.82. The van der Waals surface area contributed by atoms with Gasteiger partial charge in [0.05, 0.1) is 10.6 Å². The largest absolute Gasteiger partial charge is 0.454 e. The molecule has 8 nitrogen and oxygen atoms in total. The number of fused-ring (bicyclic) bond motifs is 1. The van der Waals surface area contributed by atoms with Crippen LogP contribution in [0.5, 0.6) is 11.5 Å². The van der Waals surface area contributed by atoms with E-state index in [1.54, 1.807) is 13.8 Å². The van der Waals surface area contributed by atoms with E-state index in [4.69, 9.17) is 9.47 Å². The van der Waals surface area contributed by atoms with Gasteiger partial charge in [-0.1, -0.05) is 0 Å². The van der Waals surface area contributed by atoms with Crippen LogP contribution in [0.3, 0.4) is 0 Å². The van der Waals surface area contributed by atoms with Crippen LogP contribution in [0, 0.1) is 0 Å². The fraction of sp³-hybridized carbons (Fsp3) is 0.238. The summed E-state index contributed by atoms with van der Waals surface area (Å²) in [7, 11) is -2.07. The van der Waals surface area contributed by atoms with Gasteiger partial charge in [0.25, 0.3) is 5.91 Å². The van der Waals surface area contributed by atoms with E-state index >= 15 is 0 Å². The van der Waals surface area contributed by atoms with Crippen LogP contribution in [0.1, 0.15) is 24.2 Å². The van der Waals surface area contributed by atoms with E-state index in [-0.39, 0.29) is 23.6 Å². The lowest BCUT2D eigenvalue weighted by Crippen LogP contribution is -2.33. The number of carbonyl (C=O) groups excluding carboxylic acids is 1. The van der Waals surface area contributed by atoms with Gasteiger partial charge >= 0.3 is 0 Å². The van der Waals surface area contributed by atoms with Crippen molar-refractivity contribution in [1.29, 1.82) is 0 Å². The summed E-state index contributed by atoms with van der Waals surface area (Å²) in [5.74, 6) is 0.986. The second-order valence-corrected chi connectivity index (χ2v) is 10.1. The molecule has 0 radical (unpaired) electrons. The van der Waals surface area contributed by atoms with E-state index in [1.807, 2.05) is 23.6 Å². The summed E-state index contributed by atoms with van der Waals surface area (Å²) in [5.41, 5.74) is 1.90. The van der Waals surface area contributed by atoms with Gasteiger partial charge in [0.1, 0.15) is 0 Å². The van der Waals surface area contributed by atoms with Gasteiger partial charge in [-0.15, -0.1) is 11.3 Å². The fourth-order valence-electron chi connectivity index (χ4n) is 2.91. The molecule has 31 heavy (non-hydrogen) atoms. The lowest BCUT2D eigenvalue weighted by Gasteiger charge is -2.20. The lowest BCUT2D eigenvalue weighted by molar-refractivity contribution is 0.102. The first-order chi connectivity index (χ1) is 14.8. The maximum Gasteiger partial charge on any atom is 0.257 e. The number of benzene rings is 2. The highest BCUT2D eigenvalue weighted by Crippen LogP contribution is 2.36. The number of hydrogen-bond acceptors (Lipinski definition) is 7. The Bertz CT molecular complexity index is 1220.